The number of para-hydroxylation sites is 1. The molecule has 8 aromatic carbocycles. The maximum absolute atomic E-state index is 6.42. The predicted molar refractivity (Wildman–Crippen MR) is 212 cm³/mol. The summed E-state index contributed by atoms with van der Waals surface area (Å²) < 4.78 is 8.84. The molecule has 0 N–H and O–H groups in total. The van der Waals surface area contributed by atoms with Gasteiger partial charge >= 0.3 is 0 Å². The zero-order chi connectivity index (χ0) is 33.5. The number of rotatable bonds is 4. The van der Waals surface area contributed by atoms with E-state index in [-0.39, 0.29) is 5.92 Å². The quantitative estimate of drug-likeness (QED) is 0.186. The summed E-state index contributed by atoms with van der Waals surface area (Å²) >= 11 is 0. The summed E-state index contributed by atoms with van der Waals surface area (Å²) in [6.45, 7) is 0. The summed E-state index contributed by atoms with van der Waals surface area (Å²) in [7, 11) is 0. The summed E-state index contributed by atoms with van der Waals surface area (Å²) in [6.07, 6.45) is 0. The van der Waals surface area contributed by atoms with Crippen molar-refractivity contribution in [3.8, 4) is 39.1 Å². The molecule has 2 heteroatoms. The average molecular weight is 650 g/mol. The summed E-state index contributed by atoms with van der Waals surface area (Å²) in [5, 5.41) is 4.66. The van der Waals surface area contributed by atoms with Gasteiger partial charge in [0.2, 0.25) is 0 Å². The SMILES string of the molecule is c1ccc(-c2ccc(-n3c4ccc(-c5ccc6c(c5)-c5ccccc5C6c5ccccc5)cc4c4cc5oc6ccccc6c5cc43)cc2)cc1. The van der Waals surface area contributed by atoms with Crippen LogP contribution in [0.15, 0.2) is 186 Å². The molecule has 2 aromatic heterocycles. The molecule has 0 radical (unpaired) electrons. The molecule has 11 rings (SSSR count). The van der Waals surface area contributed by atoms with Crippen molar-refractivity contribution in [2.45, 2.75) is 5.92 Å². The van der Waals surface area contributed by atoms with Crippen LogP contribution in [-0.4, -0.2) is 4.57 Å². The van der Waals surface area contributed by atoms with Gasteiger partial charge in [0.1, 0.15) is 11.2 Å². The lowest BCUT2D eigenvalue weighted by Crippen LogP contribution is -1.98. The highest BCUT2D eigenvalue weighted by molar-refractivity contribution is 6.17. The number of hydrogen-bond donors (Lipinski definition) is 0. The molecule has 0 aliphatic heterocycles. The van der Waals surface area contributed by atoms with E-state index in [1.54, 1.807) is 0 Å². The minimum Gasteiger partial charge on any atom is -0.456 e. The molecule has 0 fully saturated rings. The largest absolute Gasteiger partial charge is 0.456 e. The van der Waals surface area contributed by atoms with Gasteiger partial charge in [0.05, 0.1) is 11.0 Å². The van der Waals surface area contributed by atoms with Crippen molar-refractivity contribution in [2.75, 3.05) is 0 Å². The van der Waals surface area contributed by atoms with Gasteiger partial charge in [0, 0.05) is 33.2 Å². The van der Waals surface area contributed by atoms with Crippen LogP contribution in [0.4, 0.5) is 0 Å². The number of benzene rings is 8. The van der Waals surface area contributed by atoms with Crippen LogP contribution in [0.25, 0.3) is 82.8 Å². The van der Waals surface area contributed by atoms with Crippen molar-refractivity contribution in [1.29, 1.82) is 0 Å². The van der Waals surface area contributed by atoms with Crippen molar-refractivity contribution < 1.29 is 4.42 Å². The molecule has 51 heavy (non-hydrogen) atoms. The Morgan fingerprint density at radius 2 is 1.02 bits per heavy atom. The topological polar surface area (TPSA) is 18.1 Å². The van der Waals surface area contributed by atoms with Gasteiger partial charge in [-0.2, -0.15) is 0 Å². The fourth-order valence-corrected chi connectivity index (χ4v) is 8.52. The monoisotopic (exact) mass is 649 g/mol. The molecule has 0 amide bonds. The third-order valence-electron chi connectivity index (χ3n) is 10.9. The first kappa shape index (κ1) is 28.2. The van der Waals surface area contributed by atoms with E-state index in [1.165, 1.54) is 71.9 Å². The van der Waals surface area contributed by atoms with Crippen LogP contribution in [-0.2, 0) is 0 Å². The first-order chi connectivity index (χ1) is 25.3. The highest BCUT2D eigenvalue weighted by Gasteiger charge is 2.30. The van der Waals surface area contributed by atoms with Gasteiger partial charge in [-0.15, -0.1) is 0 Å². The zero-order valence-corrected chi connectivity index (χ0v) is 27.8. The van der Waals surface area contributed by atoms with Gasteiger partial charge in [-0.3, -0.25) is 0 Å². The summed E-state index contributed by atoms with van der Waals surface area (Å²) in [5.74, 6) is 0.242. The van der Waals surface area contributed by atoms with E-state index in [9.17, 15) is 0 Å². The second-order valence-electron chi connectivity index (χ2n) is 13.7. The van der Waals surface area contributed by atoms with Gasteiger partial charge in [-0.05, 0) is 98.6 Å². The fourth-order valence-electron chi connectivity index (χ4n) is 8.52. The van der Waals surface area contributed by atoms with Gasteiger partial charge in [-0.1, -0.05) is 133 Å². The maximum atomic E-state index is 6.42. The van der Waals surface area contributed by atoms with Crippen molar-refractivity contribution in [2.24, 2.45) is 0 Å². The molecule has 1 aliphatic carbocycles. The molecule has 1 aliphatic rings. The molecule has 2 heterocycles. The van der Waals surface area contributed by atoms with E-state index in [2.05, 4.69) is 180 Å². The first-order valence-electron chi connectivity index (χ1n) is 17.6. The normalized spacial score (nSPS) is 13.7. The Morgan fingerprint density at radius 3 is 1.88 bits per heavy atom. The van der Waals surface area contributed by atoms with E-state index < -0.39 is 0 Å². The van der Waals surface area contributed by atoms with E-state index in [0.29, 0.717) is 0 Å². The van der Waals surface area contributed by atoms with Crippen LogP contribution < -0.4 is 0 Å². The first-order valence-corrected chi connectivity index (χ1v) is 17.6. The Bertz CT molecular complexity index is 2950. The summed E-state index contributed by atoms with van der Waals surface area (Å²) in [5.41, 5.74) is 16.9. The van der Waals surface area contributed by atoms with Crippen LogP contribution >= 0.6 is 0 Å². The standard InChI is InChI=1S/C49H31NO/c1-3-11-31(12-4-1)32-19-23-36(24-20-32)50-45-26-22-35(28-42(45)43-30-48-44(29-46(43)50)38-16-9-10-18-47(38)51-48)34-21-25-40-41(27-34)37-15-7-8-17-39(37)49(40)33-13-5-2-6-14-33/h1-30,49H. The third-order valence-corrected chi connectivity index (χ3v) is 10.9. The Labute approximate surface area is 295 Å². The molecule has 2 nitrogen and oxygen atoms in total. The van der Waals surface area contributed by atoms with E-state index >= 15 is 0 Å². The Kier molecular flexibility index (Phi) is 6.05. The highest BCUT2D eigenvalue weighted by atomic mass is 16.3. The zero-order valence-electron chi connectivity index (χ0n) is 27.8. The van der Waals surface area contributed by atoms with Crippen LogP contribution in [0.5, 0.6) is 0 Å². The van der Waals surface area contributed by atoms with E-state index in [1.807, 2.05) is 6.07 Å². The number of fused-ring (bicyclic) bond motifs is 9. The smallest absolute Gasteiger partial charge is 0.136 e. The molecule has 1 unspecified atom stereocenters. The summed E-state index contributed by atoms with van der Waals surface area (Å²) in [6, 6.07) is 66.2. The molecule has 238 valence electrons. The molecule has 1 atom stereocenters. The minimum atomic E-state index is 0.242. The minimum absolute atomic E-state index is 0.242. The van der Waals surface area contributed by atoms with Crippen molar-refractivity contribution in [3.05, 3.63) is 199 Å². The molecular weight excluding hydrogens is 619 g/mol. The number of furan rings is 1. The van der Waals surface area contributed by atoms with E-state index in [4.69, 9.17) is 4.42 Å². The maximum Gasteiger partial charge on any atom is 0.136 e. The second-order valence-corrected chi connectivity index (χ2v) is 13.7. The Balaban J connectivity index is 1.11. The van der Waals surface area contributed by atoms with Crippen molar-refractivity contribution in [1.82, 2.24) is 4.57 Å². The lowest BCUT2D eigenvalue weighted by molar-refractivity contribution is 0.669. The van der Waals surface area contributed by atoms with Crippen LogP contribution in [0.2, 0.25) is 0 Å². The lowest BCUT2D eigenvalue weighted by atomic mass is 9.89. The Morgan fingerprint density at radius 1 is 0.373 bits per heavy atom. The van der Waals surface area contributed by atoms with Gasteiger partial charge < -0.3 is 8.98 Å². The molecule has 0 spiro atoms. The fraction of sp³-hybridized carbons (Fsp3) is 0.0204. The number of nitrogens with zero attached hydrogens (tertiary/aromatic N) is 1. The van der Waals surface area contributed by atoms with Gasteiger partial charge in [0.15, 0.2) is 0 Å². The molecule has 10 aromatic rings. The molecule has 0 saturated heterocycles. The predicted octanol–water partition coefficient (Wildman–Crippen LogP) is 13.2. The van der Waals surface area contributed by atoms with Crippen LogP contribution in [0, 0.1) is 0 Å². The van der Waals surface area contributed by atoms with Crippen LogP contribution in [0.1, 0.15) is 22.6 Å². The van der Waals surface area contributed by atoms with Gasteiger partial charge in [0.25, 0.3) is 0 Å². The molecule has 0 bridgehead atoms. The van der Waals surface area contributed by atoms with Gasteiger partial charge in [-0.25, -0.2) is 0 Å². The molecular formula is C49H31NO. The molecule has 0 saturated carbocycles. The number of aromatic nitrogens is 1. The van der Waals surface area contributed by atoms with Crippen molar-refractivity contribution >= 4 is 43.7 Å². The summed E-state index contributed by atoms with van der Waals surface area (Å²) in [4.78, 5) is 0. The lowest BCUT2D eigenvalue weighted by Gasteiger charge is -2.14. The highest BCUT2D eigenvalue weighted by Crippen LogP contribution is 2.49. The van der Waals surface area contributed by atoms with E-state index in [0.717, 1.165) is 27.6 Å². The average Bonchev–Trinajstić information content (AvgIpc) is 3.84. The number of hydrogen-bond acceptors (Lipinski definition) is 1. The van der Waals surface area contributed by atoms with Crippen molar-refractivity contribution in [3.63, 3.8) is 0 Å². The Hall–Kier alpha value is -6.64. The third kappa shape index (κ3) is 4.30. The van der Waals surface area contributed by atoms with Crippen LogP contribution in [0.3, 0.4) is 0 Å². The second kappa shape index (κ2) is 10.9.